The summed E-state index contributed by atoms with van der Waals surface area (Å²) in [7, 11) is 0.913. The van der Waals surface area contributed by atoms with Gasteiger partial charge in [0.15, 0.2) is 0 Å². The summed E-state index contributed by atoms with van der Waals surface area (Å²) in [6.45, 7) is 0. The van der Waals surface area contributed by atoms with Gasteiger partial charge in [0.05, 0.1) is 33.7 Å². The van der Waals surface area contributed by atoms with Crippen LogP contribution < -0.4 is 15.1 Å². The van der Waals surface area contributed by atoms with Crippen molar-refractivity contribution >= 4 is 38.3 Å². The molecule has 132 valence electrons. The van der Waals surface area contributed by atoms with Crippen LogP contribution in [0.5, 0.6) is 5.75 Å². The number of aromatic nitrogens is 2. The zero-order chi connectivity index (χ0) is 18.4. The number of nitrogens with zero attached hydrogens (tertiary/aromatic N) is 2. The summed E-state index contributed by atoms with van der Waals surface area (Å²) in [5.41, 5.74) is 1.50. The van der Waals surface area contributed by atoms with Gasteiger partial charge in [-0.05, 0) is 36.4 Å². The first kappa shape index (κ1) is 17.4. The molecular weight excluding hydrogens is 366 g/mol. The number of hydrogen-bond acceptors (Lipinski definition) is 4. The molecule has 7 nitrogen and oxygen atoms in total. The highest BCUT2D eigenvalue weighted by Gasteiger charge is 2.17. The molecule has 0 saturated carbocycles. The lowest BCUT2D eigenvalue weighted by Gasteiger charge is -2.10. The molecule has 0 aliphatic rings. The number of imidazole rings is 1. The minimum Gasteiger partial charge on any atom is -0.495 e. The van der Waals surface area contributed by atoms with Crippen LogP contribution >= 0.6 is 11.6 Å². The van der Waals surface area contributed by atoms with Crippen LogP contribution in [0.3, 0.4) is 0 Å². The number of halogens is 1. The third kappa shape index (κ3) is 2.98. The number of hydrogen-bond donors (Lipinski definition) is 1. The number of sulfonamides is 1. The molecular formula is C16H16ClN3O4S. The fourth-order valence-electron chi connectivity index (χ4n) is 2.60. The quantitative estimate of drug-likeness (QED) is 0.752. The van der Waals surface area contributed by atoms with Crippen molar-refractivity contribution in [2.75, 3.05) is 11.8 Å². The van der Waals surface area contributed by atoms with E-state index in [4.69, 9.17) is 16.3 Å². The Hall–Kier alpha value is -2.45. The maximum atomic E-state index is 12.6. The second kappa shape index (κ2) is 6.12. The first-order valence-electron chi connectivity index (χ1n) is 7.26. The van der Waals surface area contributed by atoms with Gasteiger partial charge in [0, 0.05) is 14.1 Å². The molecule has 1 N–H and O–H groups in total. The van der Waals surface area contributed by atoms with Crippen LogP contribution in [0.2, 0.25) is 5.02 Å². The number of benzene rings is 2. The van der Waals surface area contributed by atoms with Crippen LogP contribution in [0, 0.1) is 0 Å². The average Bonchev–Trinajstić information content (AvgIpc) is 2.79. The van der Waals surface area contributed by atoms with E-state index in [0.717, 1.165) is 0 Å². The van der Waals surface area contributed by atoms with E-state index in [-0.39, 0.29) is 15.6 Å². The summed E-state index contributed by atoms with van der Waals surface area (Å²) in [6.07, 6.45) is 0. The lowest BCUT2D eigenvalue weighted by atomic mass is 10.3. The van der Waals surface area contributed by atoms with Gasteiger partial charge in [-0.15, -0.1) is 0 Å². The second-order valence-corrected chi connectivity index (χ2v) is 7.60. The molecule has 3 rings (SSSR count). The van der Waals surface area contributed by atoms with E-state index >= 15 is 0 Å². The Labute approximate surface area is 149 Å². The first-order valence-corrected chi connectivity index (χ1v) is 9.12. The molecule has 0 aliphatic heterocycles. The molecule has 0 spiro atoms. The minimum atomic E-state index is -3.83. The number of fused-ring (bicyclic) bond motifs is 1. The average molecular weight is 382 g/mol. The molecule has 0 saturated heterocycles. The molecule has 1 heterocycles. The third-order valence-electron chi connectivity index (χ3n) is 3.96. The van der Waals surface area contributed by atoms with E-state index in [9.17, 15) is 13.2 Å². The van der Waals surface area contributed by atoms with E-state index in [0.29, 0.717) is 22.5 Å². The maximum absolute atomic E-state index is 12.6. The topological polar surface area (TPSA) is 82.3 Å². The zero-order valence-corrected chi connectivity index (χ0v) is 15.4. The fourth-order valence-corrected chi connectivity index (χ4v) is 4.00. The molecule has 3 aromatic rings. The highest BCUT2D eigenvalue weighted by molar-refractivity contribution is 7.92. The molecule has 2 aromatic carbocycles. The second-order valence-electron chi connectivity index (χ2n) is 5.51. The predicted molar refractivity (Wildman–Crippen MR) is 97.0 cm³/mol. The van der Waals surface area contributed by atoms with E-state index in [1.54, 1.807) is 32.3 Å². The molecule has 1 aromatic heterocycles. The van der Waals surface area contributed by atoms with Crippen LogP contribution in [-0.4, -0.2) is 24.7 Å². The maximum Gasteiger partial charge on any atom is 0.328 e. The monoisotopic (exact) mass is 381 g/mol. The van der Waals surface area contributed by atoms with Crippen molar-refractivity contribution in [3.8, 4) is 5.75 Å². The molecule has 0 fully saturated rings. The van der Waals surface area contributed by atoms with Crippen molar-refractivity contribution in [1.82, 2.24) is 9.13 Å². The van der Waals surface area contributed by atoms with E-state index in [1.165, 1.54) is 34.4 Å². The zero-order valence-electron chi connectivity index (χ0n) is 13.8. The van der Waals surface area contributed by atoms with Crippen LogP contribution in [-0.2, 0) is 24.1 Å². The molecule has 0 atom stereocenters. The van der Waals surface area contributed by atoms with Gasteiger partial charge >= 0.3 is 5.69 Å². The summed E-state index contributed by atoms with van der Waals surface area (Å²) in [5.74, 6) is 0.390. The van der Waals surface area contributed by atoms with E-state index in [1.807, 2.05) is 0 Å². The van der Waals surface area contributed by atoms with Gasteiger partial charge in [-0.1, -0.05) is 11.6 Å². The van der Waals surface area contributed by atoms with Crippen molar-refractivity contribution in [2.24, 2.45) is 14.1 Å². The van der Waals surface area contributed by atoms with Crippen LogP contribution in [0.25, 0.3) is 11.0 Å². The minimum absolute atomic E-state index is 0.0142. The fraction of sp³-hybridized carbons (Fsp3) is 0.188. The summed E-state index contributed by atoms with van der Waals surface area (Å²) in [5, 5.41) is 0.200. The molecule has 0 amide bonds. The SMILES string of the molecule is COc1ccc(S(=O)(=O)Nc2ccc3c(c2)n(C)c(=O)n3C)cc1Cl. The van der Waals surface area contributed by atoms with Crippen LogP contribution in [0.15, 0.2) is 46.1 Å². The molecule has 0 bridgehead atoms. The van der Waals surface area contributed by atoms with Gasteiger partial charge in [0.2, 0.25) is 0 Å². The molecule has 0 aliphatic carbocycles. The van der Waals surface area contributed by atoms with Crippen LogP contribution in [0.1, 0.15) is 0 Å². The van der Waals surface area contributed by atoms with Crippen LogP contribution in [0.4, 0.5) is 5.69 Å². The Kier molecular flexibility index (Phi) is 4.26. The van der Waals surface area contributed by atoms with Crippen molar-refractivity contribution in [2.45, 2.75) is 4.90 Å². The number of nitrogens with one attached hydrogen (secondary N) is 1. The number of methoxy groups -OCH3 is 1. The van der Waals surface area contributed by atoms with Crippen molar-refractivity contribution in [1.29, 1.82) is 0 Å². The van der Waals surface area contributed by atoms with Gasteiger partial charge in [0.25, 0.3) is 10.0 Å². The lowest BCUT2D eigenvalue weighted by Crippen LogP contribution is -2.19. The smallest absolute Gasteiger partial charge is 0.328 e. The predicted octanol–water partition coefficient (Wildman–Crippen LogP) is 2.34. The van der Waals surface area contributed by atoms with E-state index < -0.39 is 10.0 Å². The van der Waals surface area contributed by atoms with Crippen molar-refractivity contribution in [3.63, 3.8) is 0 Å². The Balaban J connectivity index is 2.01. The largest absolute Gasteiger partial charge is 0.495 e. The Bertz CT molecular complexity index is 1130. The molecule has 0 radical (unpaired) electrons. The highest BCUT2D eigenvalue weighted by atomic mass is 35.5. The van der Waals surface area contributed by atoms with Gasteiger partial charge in [0.1, 0.15) is 5.75 Å². The van der Waals surface area contributed by atoms with Gasteiger partial charge in [-0.3, -0.25) is 13.9 Å². The lowest BCUT2D eigenvalue weighted by molar-refractivity contribution is 0.414. The first-order chi connectivity index (χ1) is 11.7. The third-order valence-corrected chi connectivity index (χ3v) is 5.63. The normalized spacial score (nSPS) is 11.7. The molecule has 25 heavy (non-hydrogen) atoms. The summed E-state index contributed by atoms with van der Waals surface area (Å²) >= 11 is 6.00. The Morgan fingerprint density at radius 2 is 1.72 bits per heavy atom. The molecule has 9 heteroatoms. The number of rotatable bonds is 4. The summed E-state index contributed by atoms with van der Waals surface area (Å²) in [6, 6.07) is 9.11. The number of ether oxygens (including phenoxy) is 1. The van der Waals surface area contributed by atoms with E-state index in [2.05, 4.69) is 4.72 Å². The number of anilines is 1. The highest BCUT2D eigenvalue weighted by Crippen LogP contribution is 2.28. The molecule has 0 unspecified atom stereocenters. The summed E-state index contributed by atoms with van der Waals surface area (Å²) < 4.78 is 35.6. The standard InChI is InChI=1S/C16H16ClN3O4S/c1-19-13-6-4-10(8-14(13)20(2)16(19)21)18-25(22,23)11-5-7-15(24-3)12(17)9-11/h4-9,18H,1-3H3. The van der Waals surface area contributed by atoms with Gasteiger partial charge in [-0.2, -0.15) is 0 Å². The van der Waals surface area contributed by atoms with Gasteiger partial charge in [-0.25, -0.2) is 13.2 Å². The van der Waals surface area contributed by atoms with Crippen molar-refractivity contribution < 1.29 is 13.2 Å². The summed E-state index contributed by atoms with van der Waals surface area (Å²) in [4.78, 5) is 12.0. The Morgan fingerprint density at radius 3 is 2.36 bits per heavy atom. The van der Waals surface area contributed by atoms with Gasteiger partial charge < -0.3 is 4.74 Å². The Morgan fingerprint density at radius 1 is 1.04 bits per heavy atom. The number of aryl methyl sites for hydroxylation is 2. The van der Waals surface area contributed by atoms with Crippen molar-refractivity contribution in [3.05, 3.63) is 51.9 Å².